The summed E-state index contributed by atoms with van der Waals surface area (Å²) < 4.78 is 11.0. The molecule has 0 saturated carbocycles. The number of hydrogen-bond acceptors (Lipinski definition) is 7. The summed E-state index contributed by atoms with van der Waals surface area (Å²) in [6.45, 7) is 0. The number of nitrogens with one attached hydrogen (secondary N) is 1. The Morgan fingerprint density at radius 3 is 3.22 bits per heavy atom. The number of anilines is 1. The first kappa shape index (κ1) is 14.9. The predicted octanol–water partition coefficient (Wildman–Crippen LogP) is 2.95. The Bertz CT molecular complexity index is 729. The molecule has 1 amide bonds. The summed E-state index contributed by atoms with van der Waals surface area (Å²) in [6, 6.07) is 3.33. The molecule has 1 N–H and O–H groups in total. The molecule has 23 heavy (non-hydrogen) atoms. The van der Waals surface area contributed by atoms with Gasteiger partial charge in [-0.3, -0.25) is 10.1 Å². The lowest BCUT2D eigenvalue weighted by atomic mass is 10.2. The van der Waals surface area contributed by atoms with Crippen molar-refractivity contribution < 1.29 is 14.1 Å². The number of carbonyl (C=O) groups is 1. The van der Waals surface area contributed by atoms with Crippen molar-refractivity contribution in [3.05, 3.63) is 35.2 Å². The van der Waals surface area contributed by atoms with E-state index in [9.17, 15) is 4.79 Å². The number of amides is 1. The molecule has 8 heteroatoms. The van der Waals surface area contributed by atoms with Crippen LogP contribution in [0.2, 0.25) is 0 Å². The van der Waals surface area contributed by atoms with Crippen LogP contribution in [0.3, 0.4) is 0 Å². The number of fused-ring (bicyclic) bond motifs is 1. The Balaban J connectivity index is 1.47. The number of ether oxygens (including phenoxy) is 1. The van der Waals surface area contributed by atoms with Gasteiger partial charge in [-0.2, -0.15) is 23.5 Å². The van der Waals surface area contributed by atoms with Gasteiger partial charge in [-0.1, -0.05) is 5.16 Å². The zero-order valence-corrected chi connectivity index (χ0v) is 13.9. The van der Waals surface area contributed by atoms with Gasteiger partial charge < -0.3 is 9.26 Å². The van der Waals surface area contributed by atoms with Gasteiger partial charge in [-0.15, -0.1) is 0 Å². The topological polar surface area (TPSA) is 77.3 Å². The molecule has 0 aromatic carbocycles. The van der Waals surface area contributed by atoms with E-state index in [2.05, 4.69) is 15.5 Å². The van der Waals surface area contributed by atoms with E-state index in [1.54, 1.807) is 30.1 Å². The van der Waals surface area contributed by atoms with Crippen molar-refractivity contribution in [2.45, 2.75) is 24.0 Å². The monoisotopic (exact) mass is 349 g/mol. The van der Waals surface area contributed by atoms with Crippen LogP contribution in [0.15, 0.2) is 22.9 Å². The number of pyridine rings is 1. The highest BCUT2D eigenvalue weighted by Gasteiger charge is 2.23. The lowest BCUT2D eigenvalue weighted by Gasteiger charge is -2.11. The van der Waals surface area contributed by atoms with Gasteiger partial charge in [0.05, 0.1) is 11.3 Å². The van der Waals surface area contributed by atoms with Crippen molar-refractivity contribution in [3.63, 3.8) is 0 Å². The third-order valence-corrected chi connectivity index (χ3v) is 5.86. The Kier molecular flexibility index (Phi) is 4.17. The van der Waals surface area contributed by atoms with E-state index in [1.165, 1.54) is 0 Å². The van der Waals surface area contributed by atoms with E-state index in [4.69, 9.17) is 9.26 Å². The van der Waals surface area contributed by atoms with Crippen molar-refractivity contribution >= 4 is 35.3 Å². The van der Waals surface area contributed by atoms with E-state index in [0.29, 0.717) is 17.3 Å². The average Bonchev–Trinajstić information content (AvgIpc) is 3.27. The fourth-order valence-electron chi connectivity index (χ4n) is 2.52. The van der Waals surface area contributed by atoms with Gasteiger partial charge in [0.2, 0.25) is 11.8 Å². The summed E-state index contributed by atoms with van der Waals surface area (Å²) in [6.07, 6.45) is 2.79. The highest BCUT2D eigenvalue weighted by atomic mass is 32.2. The number of carbonyl (C=O) groups excluding carboxylic acids is 1. The Labute approximate surface area is 141 Å². The van der Waals surface area contributed by atoms with E-state index in [-0.39, 0.29) is 12.0 Å². The fraction of sp³-hybridized carbons (Fsp3) is 0.400. The Morgan fingerprint density at radius 2 is 2.35 bits per heavy atom. The summed E-state index contributed by atoms with van der Waals surface area (Å²) in [4.78, 5) is 16.6. The van der Waals surface area contributed by atoms with Crippen molar-refractivity contribution in [2.24, 2.45) is 0 Å². The Morgan fingerprint density at radius 1 is 1.39 bits per heavy atom. The van der Waals surface area contributed by atoms with Crippen LogP contribution in [-0.4, -0.2) is 33.7 Å². The molecule has 2 aliphatic rings. The van der Waals surface area contributed by atoms with Gasteiger partial charge in [0.1, 0.15) is 6.10 Å². The standard InChI is InChI=1S/C15H15N3O3S2/c19-14(17-15-11-7-23-8-12(11)18-21-15)9-1-3-16-13(5-9)20-10-2-4-22-6-10/h1,3,5,10H,2,4,6-8H2,(H,17,19). The molecule has 0 aliphatic carbocycles. The first-order valence-corrected chi connectivity index (χ1v) is 9.67. The van der Waals surface area contributed by atoms with Crippen molar-refractivity contribution in [3.8, 4) is 5.88 Å². The zero-order chi connectivity index (χ0) is 15.6. The number of nitrogens with zero attached hydrogens (tertiary/aromatic N) is 2. The molecule has 6 nitrogen and oxygen atoms in total. The van der Waals surface area contributed by atoms with Crippen LogP contribution >= 0.6 is 23.5 Å². The predicted molar refractivity (Wildman–Crippen MR) is 90.1 cm³/mol. The van der Waals surface area contributed by atoms with E-state index in [1.807, 2.05) is 11.8 Å². The SMILES string of the molecule is O=C(Nc1onc2c1CSC2)c1ccnc(OC2CCSC2)c1. The molecular formula is C15H15N3O3S2. The summed E-state index contributed by atoms with van der Waals surface area (Å²) >= 11 is 3.63. The lowest BCUT2D eigenvalue weighted by Crippen LogP contribution is -2.17. The molecule has 0 radical (unpaired) electrons. The van der Waals surface area contributed by atoms with Crippen molar-refractivity contribution in [1.82, 2.24) is 10.1 Å². The number of rotatable bonds is 4. The second-order valence-electron chi connectivity index (χ2n) is 5.37. The van der Waals surface area contributed by atoms with Crippen LogP contribution in [0.5, 0.6) is 5.88 Å². The average molecular weight is 349 g/mol. The highest BCUT2D eigenvalue weighted by Crippen LogP contribution is 2.34. The van der Waals surface area contributed by atoms with Crippen molar-refractivity contribution in [2.75, 3.05) is 16.8 Å². The van der Waals surface area contributed by atoms with Gasteiger partial charge >= 0.3 is 0 Å². The first-order valence-electron chi connectivity index (χ1n) is 7.36. The minimum Gasteiger partial charge on any atom is -0.473 e. The molecule has 0 bridgehead atoms. The summed E-state index contributed by atoms with van der Waals surface area (Å²) in [5.74, 6) is 4.43. The van der Waals surface area contributed by atoms with Crippen LogP contribution in [0.25, 0.3) is 0 Å². The largest absolute Gasteiger partial charge is 0.473 e. The Hall–Kier alpha value is -1.67. The first-order chi connectivity index (χ1) is 11.3. The molecule has 2 aromatic rings. The summed E-state index contributed by atoms with van der Waals surface area (Å²) in [5, 5.41) is 6.77. The van der Waals surface area contributed by atoms with Crippen LogP contribution in [0.4, 0.5) is 5.88 Å². The lowest BCUT2D eigenvalue weighted by molar-refractivity contribution is 0.102. The molecule has 1 unspecified atom stereocenters. The molecule has 120 valence electrons. The maximum Gasteiger partial charge on any atom is 0.258 e. The molecule has 2 aromatic heterocycles. The van der Waals surface area contributed by atoms with Crippen LogP contribution < -0.4 is 10.1 Å². The molecule has 1 atom stereocenters. The van der Waals surface area contributed by atoms with E-state index in [0.717, 1.165) is 40.7 Å². The zero-order valence-electron chi connectivity index (χ0n) is 12.3. The van der Waals surface area contributed by atoms with Crippen LogP contribution in [0.1, 0.15) is 28.0 Å². The molecular weight excluding hydrogens is 334 g/mol. The minimum absolute atomic E-state index is 0.181. The van der Waals surface area contributed by atoms with Gasteiger partial charge in [0.25, 0.3) is 5.91 Å². The third-order valence-electron chi connectivity index (χ3n) is 3.75. The molecule has 0 spiro atoms. The number of thioether (sulfide) groups is 2. The third kappa shape index (κ3) is 3.18. The minimum atomic E-state index is -0.242. The van der Waals surface area contributed by atoms with E-state index < -0.39 is 0 Å². The van der Waals surface area contributed by atoms with Crippen molar-refractivity contribution in [1.29, 1.82) is 0 Å². The number of aromatic nitrogens is 2. The highest BCUT2D eigenvalue weighted by molar-refractivity contribution is 7.99. The molecule has 2 aliphatic heterocycles. The molecule has 1 saturated heterocycles. The molecule has 4 rings (SSSR count). The quantitative estimate of drug-likeness (QED) is 0.909. The van der Waals surface area contributed by atoms with Gasteiger partial charge in [0.15, 0.2) is 0 Å². The van der Waals surface area contributed by atoms with Gasteiger partial charge in [-0.25, -0.2) is 4.98 Å². The second-order valence-corrected chi connectivity index (χ2v) is 7.51. The molecule has 4 heterocycles. The number of hydrogen-bond donors (Lipinski definition) is 1. The maximum atomic E-state index is 12.4. The van der Waals surface area contributed by atoms with Gasteiger partial charge in [0, 0.05) is 35.1 Å². The maximum absolute atomic E-state index is 12.4. The fourth-order valence-corrected chi connectivity index (χ4v) is 4.64. The summed E-state index contributed by atoms with van der Waals surface area (Å²) in [5.41, 5.74) is 2.40. The molecule has 1 fully saturated rings. The van der Waals surface area contributed by atoms with Crippen LogP contribution in [-0.2, 0) is 11.5 Å². The van der Waals surface area contributed by atoms with E-state index >= 15 is 0 Å². The summed E-state index contributed by atoms with van der Waals surface area (Å²) in [7, 11) is 0. The van der Waals surface area contributed by atoms with Gasteiger partial charge in [-0.05, 0) is 18.2 Å². The smallest absolute Gasteiger partial charge is 0.258 e. The van der Waals surface area contributed by atoms with Crippen LogP contribution in [0, 0.1) is 0 Å². The normalized spacial score (nSPS) is 19.6. The second kappa shape index (κ2) is 6.45.